The number of carbonyl (C=O) groups is 1. The normalized spacial score (nSPS) is 22.2. The van der Waals surface area contributed by atoms with E-state index in [2.05, 4.69) is 10.6 Å². The molecule has 4 heteroatoms. The minimum atomic E-state index is -0.375. The minimum absolute atomic E-state index is 0.102. The van der Waals surface area contributed by atoms with Crippen LogP contribution in [0.3, 0.4) is 0 Å². The van der Waals surface area contributed by atoms with E-state index in [0.29, 0.717) is 13.2 Å². The van der Waals surface area contributed by atoms with E-state index in [0.717, 1.165) is 31.6 Å². The summed E-state index contributed by atoms with van der Waals surface area (Å²) < 4.78 is 5.57. The van der Waals surface area contributed by atoms with Crippen LogP contribution in [0, 0.1) is 0 Å². The van der Waals surface area contributed by atoms with Crippen LogP contribution in [-0.4, -0.2) is 31.1 Å². The summed E-state index contributed by atoms with van der Waals surface area (Å²) in [6.45, 7) is 4.17. The molecular weight excluding hydrogens is 240 g/mol. The topological polar surface area (TPSA) is 50.4 Å². The summed E-state index contributed by atoms with van der Waals surface area (Å²) in [6, 6.07) is 9.72. The van der Waals surface area contributed by atoms with Crippen molar-refractivity contribution in [3.63, 3.8) is 0 Å². The van der Waals surface area contributed by atoms with Crippen molar-refractivity contribution in [1.29, 1.82) is 0 Å². The maximum absolute atomic E-state index is 12.0. The van der Waals surface area contributed by atoms with E-state index in [-0.39, 0.29) is 11.4 Å². The zero-order valence-corrected chi connectivity index (χ0v) is 11.4. The Kier molecular flexibility index (Phi) is 4.80. The average Bonchev–Trinajstić information content (AvgIpc) is 2.88. The monoisotopic (exact) mass is 262 g/mol. The third kappa shape index (κ3) is 3.96. The fraction of sp³-hybridized carbons (Fsp3) is 0.533. The average molecular weight is 262 g/mol. The van der Waals surface area contributed by atoms with Crippen molar-refractivity contribution in [3.8, 4) is 5.75 Å². The van der Waals surface area contributed by atoms with Crippen molar-refractivity contribution in [2.75, 3.05) is 19.7 Å². The summed E-state index contributed by atoms with van der Waals surface area (Å²) in [6.07, 6.45) is 2.80. The molecule has 1 aliphatic rings. The summed E-state index contributed by atoms with van der Waals surface area (Å²) in [5.41, 5.74) is -0.375. The first-order chi connectivity index (χ1) is 9.21. The molecule has 1 atom stereocenters. The molecule has 1 fully saturated rings. The molecule has 104 valence electrons. The number of ether oxygens (including phenoxy) is 1. The molecule has 2 N–H and O–H groups in total. The number of carbonyl (C=O) groups excluding carboxylic acids is 1. The van der Waals surface area contributed by atoms with Gasteiger partial charge >= 0.3 is 0 Å². The first kappa shape index (κ1) is 13.9. The van der Waals surface area contributed by atoms with Crippen LogP contribution in [0.1, 0.15) is 26.2 Å². The molecule has 0 saturated carbocycles. The van der Waals surface area contributed by atoms with Gasteiger partial charge in [-0.3, -0.25) is 4.79 Å². The van der Waals surface area contributed by atoms with E-state index >= 15 is 0 Å². The molecule has 1 unspecified atom stereocenters. The Bertz CT molecular complexity index is 400. The lowest BCUT2D eigenvalue weighted by Crippen LogP contribution is -2.51. The van der Waals surface area contributed by atoms with Crippen molar-refractivity contribution in [2.24, 2.45) is 0 Å². The van der Waals surface area contributed by atoms with Crippen LogP contribution in [0.2, 0.25) is 0 Å². The molecule has 0 spiro atoms. The van der Waals surface area contributed by atoms with Crippen molar-refractivity contribution in [1.82, 2.24) is 10.6 Å². The number of nitrogens with one attached hydrogen (secondary N) is 2. The van der Waals surface area contributed by atoms with Crippen LogP contribution < -0.4 is 15.4 Å². The molecule has 1 aliphatic heterocycles. The van der Waals surface area contributed by atoms with Gasteiger partial charge in [-0.1, -0.05) is 18.2 Å². The number of hydrogen-bond donors (Lipinski definition) is 2. The summed E-state index contributed by atoms with van der Waals surface area (Å²) in [5.74, 6) is 0.975. The van der Waals surface area contributed by atoms with Crippen LogP contribution in [0.25, 0.3) is 0 Å². The van der Waals surface area contributed by atoms with Gasteiger partial charge in [0, 0.05) is 6.54 Å². The third-order valence-electron chi connectivity index (χ3n) is 3.49. The summed E-state index contributed by atoms with van der Waals surface area (Å²) in [4.78, 5) is 12.0. The highest BCUT2D eigenvalue weighted by atomic mass is 16.5. The van der Waals surface area contributed by atoms with Crippen LogP contribution in [0.15, 0.2) is 30.3 Å². The second-order valence-corrected chi connectivity index (χ2v) is 5.13. The second-order valence-electron chi connectivity index (χ2n) is 5.13. The fourth-order valence-corrected chi connectivity index (χ4v) is 2.26. The van der Waals surface area contributed by atoms with Crippen LogP contribution in [0.5, 0.6) is 5.75 Å². The molecule has 19 heavy (non-hydrogen) atoms. The van der Waals surface area contributed by atoms with Gasteiger partial charge in [-0.15, -0.1) is 0 Å². The van der Waals surface area contributed by atoms with Crippen LogP contribution in [-0.2, 0) is 4.79 Å². The van der Waals surface area contributed by atoms with Gasteiger partial charge in [0.1, 0.15) is 5.75 Å². The van der Waals surface area contributed by atoms with Gasteiger partial charge in [-0.05, 0) is 44.9 Å². The van der Waals surface area contributed by atoms with E-state index in [1.165, 1.54) is 0 Å². The Morgan fingerprint density at radius 3 is 2.89 bits per heavy atom. The van der Waals surface area contributed by atoms with E-state index in [1.54, 1.807) is 0 Å². The van der Waals surface area contributed by atoms with Crippen molar-refractivity contribution in [3.05, 3.63) is 30.3 Å². The standard InChI is InChI=1S/C15H22N2O2/c1-15(9-5-11-17-15)14(18)16-10-6-12-19-13-7-3-2-4-8-13/h2-4,7-8,17H,5-6,9-12H2,1H3,(H,16,18). The molecule has 2 rings (SSSR count). The number of para-hydroxylation sites is 1. The van der Waals surface area contributed by atoms with Crippen molar-refractivity contribution in [2.45, 2.75) is 31.7 Å². The summed E-state index contributed by atoms with van der Waals surface area (Å²) >= 11 is 0. The van der Waals surface area contributed by atoms with Gasteiger partial charge in [0.05, 0.1) is 12.1 Å². The second kappa shape index (κ2) is 6.57. The lowest BCUT2D eigenvalue weighted by molar-refractivity contribution is -0.126. The third-order valence-corrected chi connectivity index (χ3v) is 3.49. The maximum Gasteiger partial charge on any atom is 0.240 e. The molecule has 1 amide bonds. The van der Waals surface area contributed by atoms with Gasteiger partial charge < -0.3 is 15.4 Å². The van der Waals surface area contributed by atoms with E-state index in [4.69, 9.17) is 4.74 Å². The van der Waals surface area contributed by atoms with Crippen molar-refractivity contribution < 1.29 is 9.53 Å². The SMILES string of the molecule is CC1(C(=O)NCCCOc2ccccc2)CCCN1. The molecule has 0 bridgehead atoms. The van der Waals surface area contributed by atoms with Gasteiger partial charge in [0.25, 0.3) is 0 Å². The molecule has 1 heterocycles. The zero-order chi connectivity index (χ0) is 13.6. The first-order valence-electron chi connectivity index (χ1n) is 6.92. The molecule has 1 aromatic carbocycles. The van der Waals surface area contributed by atoms with Crippen molar-refractivity contribution >= 4 is 5.91 Å². The van der Waals surface area contributed by atoms with Gasteiger partial charge in [-0.25, -0.2) is 0 Å². The molecule has 1 saturated heterocycles. The predicted octanol–water partition coefficient (Wildman–Crippen LogP) is 1.71. The van der Waals surface area contributed by atoms with Crippen LogP contribution in [0.4, 0.5) is 0 Å². The Hall–Kier alpha value is -1.55. The highest BCUT2D eigenvalue weighted by molar-refractivity contribution is 5.86. The first-order valence-corrected chi connectivity index (χ1v) is 6.92. The Balaban J connectivity index is 1.60. The fourth-order valence-electron chi connectivity index (χ4n) is 2.26. The van der Waals surface area contributed by atoms with Gasteiger partial charge in [-0.2, -0.15) is 0 Å². The Labute approximate surface area is 114 Å². The number of amides is 1. The highest BCUT2D eigenvalue weighted by Gasteiger charge is 2.35. The Morgan fingerprint density at radius 1 is 1.42 bits per heavy atom. The van der Waals surface area contributed by atoms with E-state index in [9.17, 15) is 4.79 Å². The number of benzene rings is 1. The quantitative estimate of drug-likeness (QED) is 0.767. The largest absolute Gasteiger partial charge is 0.494 e. The minimum Gasteiger partial charge on any atom is -0.494 e. The Morgan fingerprint density at radius 2 is 2.21 bits per heavy atom. The maximum atomic E-state index is 12.0. The summed E-state index contributed by atoms with van der Waals surface area (Å²) in [5, 5.41) is 6.23. The lowest BCUT2D eigenvalue weighted by atomic mass is 9.99. The smallest absolute Gasteiger partial charge is 0.240 e. The van der Waals surface area contributed by atoms with Gasteiger partial charge in [0.15, 0.2) is 0 Å². The predicted molar refractivity (Wildman–Crippen MR) is 75.2 cm³/mol. The van der Waals surface area contributed by atoms with Gasteiger partial charge in [0.2, 0.25) is 5.91 Å². The number of hydrogen-bond acceptors (Lipinski definition) is 3. The van der Waals surface area contributed by atoms with E-state index in [1.807, 2.05) is 37.3 Å². The molecule has 0 aliphatic carbocycles. The highest BCUT2D eigenvalue weighted by Crippen LogP contribution is 2.18. The zero-order valence-electron chi connectivity index (χ0n) is 11.4. The summed E-state index contributed by atoms with van der Waals surface area (Å²) in [7, 11) is 0. The molecule has 0 aromatic heterocycles. The number of rotatable bonds is 6. The van der Waals surface area contributed by atoms with Crippen LogP contribution >= 0.6 is 0 Å². The lowest BCUT2D eigenvalue weighted by Gasteiger charge is -2.23. The molecule has 1 aromatic rings. The molecule has 4 nitrogen and oxygen atoms in total. The molecular formula is C15H22N2O2. The molecule has 0 radical (unpaired) electrons. The van der Waals surface area contributed by atoms with E-state index < -0.39 is 0 Å².